The fourth-order valence-electron chi connectivity index (χ4n) is 0.768. The Morgan fingerprint density at radius 2 is 2.23 bits per heavy atom. The van der Waals surface area contributed by atoms with Crippen LogP contribution in [0.4, 0.5) is 0 Å². The zero-order chi connectivity index (χ0) is 10.3. The highest BCUT2D eigenvalue weighted by atomic mass is 16.6. The minimum absolute atomic E-state index is 0.0392. The highest BCUT2D eigenvalue weighted by Crippen LogP contribution is 2.05. The molecule has 0 saturated carbocycles. The molecule has 1 N–H and O–H groups in total. The SMILES string of the molecule is CC(C)(O)OCCCC(=O)CC#N. The van der Waals surface area contributed by atoms with Crippen LogP contribution < -0.4 is 0 Å². The molecule has 0 heterocycles. The Labute approximate surface area is 78.1 Å². The largest absolute Gasteiger partial charge is 0.366 e. The second-order valence-corrected chi connectivity index (χ2v) is 3.27. The van der Waals surface area contributed by atoms with Crippen LogP contribution in [0.2, 0.25) is 0 Å². The van der Waals surface area contributed by atoms with Crippen molar-refractivity contribution in [2.45, 2.75) is 38.9 Å². The van der Waals surface area contributed by atoms with E-state index in [1.54, 1.807) is 6.07 Å². The van der Waals surface area contributed by atoms with E-state index in [0.717, 1.165) is 0 Å². The molecule has 0 aliphatic rings. The molecular weight excluding hydrogens is 170 g/mol. The van der Waals surface area contributed by atoms with Gasteiger partial charge in [-0.2, -0.15) is 5.26 Å². The smallest absolute Gasteiger partial charge is 0.159 e. The molecule has 0 unspecified atom stereocenters. The average molecular weight is 185 g/mol. The van der Waals surface area contributed by atoms with Crippen molar-refractivity contribution in [2.24, 2.45) is 0 Å². The van der Waals surface area contributed by atoms with Crippen LogP contribution >= 0.6 is 0 Å². The van der Waals surface area contributed by atoms with Gasteiger partial charge >= 0.3 is 0 Å². The van der Waals surface area contributed by atoms with E-state index in [2.05, 4.69) is 0 Å². The van der Waals surface area contributed by atoms with Crippen LogP contribution in [0.15, 0.2) is 0 Å². The van der Waals surface area contributed by atoms with E-state index in [0.29, 0.717) is 19.4 Å². The van der Waals surface area contributed by atoms with Gasteiger partial charge in [0, 0.05) is 6.42 Å². The first-order valence-corrected chi connectivity index (χ1v) is 4.20. The number of hydrogen-bond donors (Lipinski definition) is 1. The highest BCUT2D eigenvalue weighted by Gasteiger charge is 2.11. The molecule has 0 bridgehead atoms. The van der Waals surface area contributed by atoms with Gasteiger partial charge in [0.1, 0.15) is 5.78 Å². The Morgan fingerprint density at radius 3 is 2.69 bits per heavy atom. The Morgan fingerprint density at radius 1 is 1.62 bits per heavy atom. The van der Waals surface area contributed by atoms with E-state index >= 15 is 0 Å². The quantitative estimate of drug-likeness (QED) is 0.495. The number of rotatable bonds is 6. The van der Waals surface area contributed by atoms with Crippen LogP contribution in [0, 0.1) is 11.3 Å². The minimum atomic E-state index is -1.14. The lowest BCUT2D eigenvalue weighted by Crippen LogP contribution is -2.23. The maximum absolute atomic E-state index is 10.8. The van der Waals surface area contributed by atoms with Gasteiger partial charge in [-0.25, -0.2) is 0 Å². The van der Waals surface area contributed by atoms with Crippen LogP contribution in [-0.2, 0) is 9.53 Å². The normalized spacial score (nSPS) is 10.9. The number of hydrogen-bond acceptors (Lipinski definition) is 4. The first kappa shape index (κ1) is 12.1. The minimum Gasteiger partial charge on any atom is -0.366 e. The molecule has 0 amide bonds. The molecule has 74 valence electrons. The van der Waals surface area contributed by atoms with Gasteiger partial charge in [-0.1, -0.05) is 0 Å². The molecule has 0 atom stereocenters. The topological polar surface area (TPSA) is 70.3 Å². The number of carbonyl (C=O) groups is 1. The maximum atomic E-state index is 10.8. The summed E-state index contributed by atoms with van der Waals surface area (Å²) in [5.41, 5.74) is 0. The van der Waals surface area contributed by atoms with Crippen LogP contribution in [-0.4, -0.2) is 23.3 Å². The predicted molar refractivity (Wildman–Crippen MR) is 46.7 cm³/mol. The summed E-state index contributed by atoms with van der Waals surface area (Å²) in [5, 5.41) is 17.3. The van der Waals surface area contributed by atoms with Gasteiger partial charge in [-0.05, 0) is 20.3 Å². The molecule has 0 fully saturated rings. The summed E-state index contributed by atoms with van der Waals surface area (Å²) in [6, 6.07) is 1.78. The van der Waals surface area contributed by atoms with Gasteiger partial charge in [0.15, 0.2) is 5.79 Å². The molecule has 4 nitrogen and oxygen atoms in total. The molecule has 0 saturated heterocycles. The van der Waals surface area contributed by atoms with Crippen LogP contribution in [0.3, 0.4) is 0 Å². The number of nitrogens with zero attached hydrogens (tertiary/aromatic N) is 1. The molecule has 0 aliphatic carbocycles. The van der Waals surface area contributed by atoms with Crippen LogP contribution in [0.25, 0.3) is 0 Å². The number of ketones is 1. The standard InChI is InChI=1S/C9H15NO3/c1-9(2,12)13-7-3-4-8(11)5-6-10/h12H,3-5,7H2,1-2H3. The van der Waals surface area contributed by atoms with Gasteiger partial charge in [-0.15, -0.1) is 0 Å². The summed E-state index contributed by atoms with van der Waals surface area (Å²) in [6.07, 6.45) is 0.844. The summed E-state index contributed by atoms with van der Waals surface area (Å²) in [4.78, 5) is 10.8. The fraction of sp³-hybridized carbons (Fsp3) is 0.778. The van der Waals surface area contributed by atoms with Gasteiger partial charge in [0.05, 0.1) is 19.1 Å². The average Bonchev–Trinajstić information content (AvgIpc) is 1.97. The first-order chi connectivity index (χ1) is 5.95. The van der Waals surface area contributed by atoms with Gasteiger partial charge in [0.2, 0.25) is 0 Å². The predicted octanol–water partition coefficient (Wildman–Crippen LogP) is 0.994. The summed E-state index contributed by atoms with van der Waals surface area (Å²) in [5.74, 6) is -1.22. The fourth-order valence-corrected chi connectivity index (χ4v) is 0.768. The van der Waals surface area contributed by atoms with E-state index in [4.69, 9.17) is 15.1 Å². The molecule has 0 aromatic rings. The van der Waals surface area contributed by atoms with Gasteiger partial charge in [0.25, 0.3) is 0 Å². The first-order valence-electron chi connectivity index (χ1n) is 4.20. The van der Waals surface area contributed by atoms with Crippen molar-refractivity contribution >= 4 is 5.78 Å². The molecular formula is C9H15NO3. The van der Waals surface area contributed by atoms with Gasteiger partial charge in [-0.3, -0.25) is 4.79 Å². The van der Waals surface area contributed by atoms with E-state index in [9.17, 15) is 4.79 Å². The molecule has 0 aromatic heterocycles. The van der Waals surface area contributed by atoms with Crippen molar-refractivity contribution < 1.29 is 14.6 Å². The number of nitriles is 1. The van der Waals surface area contributed by atoms with Crippen LogP contribution in [0.5, 0.6) is 0 Å². The maximum Gasteiger partial charge on any atom is 0.159 e. The van der Waals surface area contributed by atoms with Crippen molar-refractivity contribution in [2.75, 3.05) is 6.61 Å². The second kappa shape index (κ2) is 5.68. The van der Waals surface area contributed by atoms with E-state index in [1.165, 1.54) is 13.8 Å². The van der Waals surface area contributed by atoms with Crippen molar-refractivity contribution in [3.05, 3.63) is 0 Å². The molecule has 13 heavy (non-hydrogen) atoms. The zero-order valence-electron chi connectivity index (χ0n) is 8.04. The molecule has 0 spiro atoms. The van der Waals surface area contributed by atoms with E-state index in [-0.39, 0.29) is 12.2 Å². The summed E-state index contributed by atoms with van der Waals surface area (Å²) in [6.45, 7) is 3.40. The lowest BCUT2D eigenvalue weighted by molar-refractivity contribution is -0.176. The van der Waals surface area contributed by atoms with Gasteiger partial charge < -0.3 is 9.84 Å². The molecule has 0 radical (unpaired) electrons. The molecule has 0 aromatic carbocycles. The Kier molecular flexibility index (Phi) is 5.28. The number of aliphatic hydroxyl groups is 1. The summed E-state index contributed by atoms with van der Waals surface area (Å²) >= 11 is 0. The Balaban J connectivity index is 3.37. The molecule has 0 aliphatic heterocycles. The third-order valence-corrected chi connectivity index (χ3v) is 1.33. The monoisotopic (exact) mass is 185 g/mol. The van der Waals surface area contributed by atoms with Crippen molar-refractivity contribution in [3.8, 4) is 6.07 Å². The van der Waals surface area contributed by atoms with Crippen molar-refractivity contribution in [3.63, 3.8) is 0 Å². The lowest BCUT2D eigenvalue weighted by atomic mass is 10.2. The summed E-state index contributed by atoms with van der Waals surface area (Å²) < 4.78 is 4.98. The highest BCUT2D eigenvalue weighted by molar-refractivity contribution is 5.80. The second-order valence-electron chi connectivity index (χ2n) is 3.27. The third-order valence-electron chi connectivity index (χ3n) is 1.33. The Hall–Kier alpha value is -0.920. The lowest BCUT2D eigenvalue weighted by Gasteiger charge is -2.17. The van der Waals surface area contributed by atoms with Crippen molar-refractivity contribution in [1.29, 1.82) is 5.26 Å². The number of Topliss-reactive ketones (excluding diaryl/α,β-unsaturated/α-hetero) is 1. The van der Waals surface area contributed by atoms with E-state index in [1.807, 2.05) is 0 Å². The van der Waals surface area contributed by atoms with Crippen LogP contribution in [0.1, 0.15) is 33.1 Å². The number of ether oxygens (including phenoxy) is 1. The summed E-state index contributed by atoms with van der Waals surface area (Å²) in [7, 11) is 0. The molecule has 0 rings (SSSR count). The molecule has 4 heteroatoms. The Bertz CT molecular complexity index is 200. The number of carbonyl (C=O) groups excluding carboxylic acids is 1. The zero-order valence-corrected chi connectivity index (χ0v) is 8.04. The van der Waals surface area contributed by atoms with Crippen molar-refractivity contribution in [1.82, 2.24) is 0 Å². The third kappa shape index (κ3) is 8.99. The van der Waals surface area contributed by atoms with E-state index < -0.39 is 5.79 Å².